The summed E-state index contributed by atoms with van der Waals surface area (Å²) in [4.78, 5) is 8.52. The Morgan fingerprint density at radius 1 is 1.38 bits per heavy atom. The molecule has 0 aliphatic heterocycles. The van der Waals surface area contributed by atoms with Crippen LogP contribution in [-0.2, 0) is 6.42 Å². The molecular formula is C11H20N4S. The summed E-state index contributed by atoms with van der Waals surface area (Å²) in [7, 11) is 1.89. The lowest BCUT2D eigenvalue weighted by Gasteiger charge is -2.17. The molecule has 0 fully saturated rings. The molecule has 1 unspecified atom stereocenters. The zero-order valence-corrected chi connectivity index (χ0v) is 11.2. The topological polar surface area (TPSA) is 49.8 Å². The van der Waals surface area contributed by atoms with Crippen molar-refractivity contribution in [1.29, 1.82) is 0 Å². The standard InChI is InChI=1S/C11H20N4S/c1-5-9-10(12-3)13-7-14-11(9)15-8(2)6-16-4/h7-8H,5-6H2,1-4H3,(H2,12,13,14,15). The van der Waals surface area contributed by atoms with Crippen molar-refractivity contribution in [2.24, 2.45) is 0 Å². The van der Waals surface area contributed by atoms with Gasteiger partial charge in [0.2, 0.25) is 0 Å². The molecule has 0 saturated heterocycles. The van der Waals surface area contributed by atoms with Crippen LogP contribution >= 0.6 is 11.8 Å². The Morgan fingerprint density at radius 3 is 2.62 bits per heavy atom. The number of nitrogens with one attached hydrogen (secondary N) is 2. The molecule has 0 amide bonds. The first kappa shape index (κ1) is 13.1. The van der Waals surface area contributed by atoms with Crippen LogP contribution in [0.3, 0.4) is 0 Å². The van der Waals surface area contributed by atoms with Crippen LogP contribution in [0.5, 0.6) is 0 Å². The first-order valence-electron chi connectivity index (χ1n) is 5.50. The van der Waals surface area contributed by atoms with Crippen LogP contribution in [0.1, 0.15) is 19.4 Å². The zero-order valence-electron chi connectivity index (χ0n) is 10.4. The molecule has 1 atom stereocenters. The lowest BCUT2D eigenvalue weighted by atomic mass is 10.2. The minimum absolute atomic E-state index is 0.417. The molecule has 5 heteroatoms. The minimum Gasteiger partial charge on any atom is -0.373 e. The van der Waals surface area contributed by atoms with Gasteiger partial charge in [0.1, 0.15) is 18.0 Å². The third kappa shape index (κ3) is 3.27. The highest BCUT2D eigenvalue weighted by atomic mass is 32.2. The van der Waals surface area contributed by atoms with E-state index < -0.39 is 0 Å². The summed E-state index contributed by atoms with van der Waals surface area (Å²) in [5.74, 6) is 2.93. The molecule has 0 aromatic carbocycles. The quantitative estimate of drug-likeness (QED) is 0.798. The predicted octanol–water partition coefficient (Wildman–Crippen LogP) is 2.24. The second-order valence-electron chi connectivity index (χ2n) is 3.65. The Balaban J connectivity index is 2.86. The van der Waals surface area contributed by atoms with E-state index in [1.807, 2.05) is 18.8 Å². The maximum atomic E-state index is 4.31. The molecule has 0 radical (unpaired) electrons. The summed E-state index contributed by atoms with van der Waals surface area (Å²) in [6.07, 6.45) is 4.63. The Bertz CT molecular complexity index is 330. The van der Waals surface area contributed by atoms with Crippen molar-refractivity contribution >= 4 is 23.4 Å². The van der Waals surface area contributed by atoms with Gasteiger partial charge in [-0.1, -0.05) is 6.92 Å². The maximum absolute atomic E-state index is 4.31. The molecule has 0 saturated carbocycles. The van der Waals surface area contributed by atoms with Gasteiger partial charge < -0.3 is 10.6 Å². The molecular weight excluding hydrogens is 220 g/mol. The fraction of sp³-hybridized carbons (Fsp3) is 0.636. The van der Waals surface area contributed by atoms with Crippen molar-refractivity contribution < 1.29 is 0 Å². The summed E-state index contributed by atoms with van der Waals surface area (Å²) in [5.41, 5.74) is 1.15. The van der Waals surface area contributed by atoms with Gasteiger partial charge in [-0.2, -0.15) is 11.8 Å². The van der Waals surface area contributed by atoms with Crippen LogP contribution in [-0.4, -0.2) is 35.1 Å². The van der Waals surface area contributed by atoms with Gasteiger partial charge in [0.25, 0.3) is 0 Å². The van der Waals surface area contributed by atoms with E-state index in [-0.39, 0.29) is 0 Å². The van der Waals surface area contributed by atoms with Crippen molar-refractivity contribution in [2.45, 2.75) is 26.3 Å². The van der Waals surface area contributed by atoms with Gasteiger partial charge in [-0.25, -0.2) is 9.97 Å². The molecule has 0 aliphatic carbocycles. The van der Waals surface area contributed by atoms with E-state index in [4.69, 9.17) is 0 Å². The molecule has 4 nitrogen and oxygen atoms in total. The van der Waals surface area contributed by atoms with Crippen LogP contribution in [0, 0.1) is 0 Å². The summed E-state index contributed by atoms with van der Waals surface area (Å²) < 4.78 is 0. The van der Waals surface area contributed by atoms with E-state index >= 15 is 0 Å². The molecule has 90 valence electrons. The maximum Gasteiger partial charge on any atom is 0.134 e. The van der Waals surface area contributed by atoms with Crippen molar-refractivity contribution in [3.8, 4) is 0 Å². The van der Waals surface area contributed by atoms with E-state index in [1.54, 1.807) is 6.33 Å². The minimum atomic E-state index is 0.417. The number of aromatic nitrogens is 2. The average Bonchev–Trinajstić information content (AvgIpc) is 2.29. The molecule has 1 heterocycles. The van der Waals surface area contributed by atoms with Gasteiger partial charge in [-0.3, -0.25) is 0 Å². The van der Waals surface area contributed by atoms with E-state index in [2.05, 4.69) is 40.7 Å². The molecule has 0 bridgehead atoms. The average molecular weight is 240 g/mol. The fourth-order valence-electron chi connectivity index (χ4n) is 1.61. The van der Waals surface area contributed by atoms with Crippen molar-refractivity contribution in [3.63, 3.8) is 0 Å². The SMILES string of the molecule is CCc1c(NC)ncnc1NC(C)CSC. The van der Waals surface area contributed by atoms with Gasteiger partial charge in [-0.15, -0.1) is 0 Å². The zero-order chi connectivity index (χ0) is 12.0. The highest BCUT2D eigenvalue weighted by Gasteiger charge is 2.10. The molecule has 2 N–H and O–H groups in total. The van der Waals surface area contributed by atoms with Crippen LogP contribution in [0.4, 0.5) is 11.6 Å². The lowest BCUT2D eigenvalue weighted by Crippen LogP contribution is -2.20. The molecule has 1 rings (SSSR count). The molecule has 0 spiro atoms. The Morgan fingerprint density at radius 2 is 2.06 bits per heavy atom. The van der Waals surface area contributed by atoms with Gasteiger partial charge in [0, 0.05) is 24.4 Å². The largest absolute Gasteiger partial charge is 0.373 e. The summed E-state index contributed by atoms with van der Waals surface area (Å²) in [6, 6.07) is 0.417. The highest BCUT2D eigenvalue weighted by molar-refractivity contribution is 7.98. The van der Waals surface area contributed by atoms with Crippen LogP contribution in [0.25, 0.3) is 0 Å². The third-order valence-electron chi connectivity index (χ3n) is 2.34. The number of nitrogens with zero attached hydrogens (tertiary/aromatic N) is 2. The smallest absolute Gasteiger partial charge is 0.134 e. The number of anilines is 2. The van der Waals surface area contributed by atoms with Crippen molar-refractivity contribution in [2.75, 3.05) is 29.7 Å². The first-order chi connectivity index (χ1) is 7.72. The van der Waals surface area contributed by atoms with Gasteiger partial charge >= 0.3 is 0 Å². The molecule has 1 aromatic heterocycles. The van der Waals surface area contributed by atoms with E-state index in [1.165, 1.54) is 0 Å². The van der Waals surface area contributed by atoms with Crippen LogP contribution < -0.4 is 10.6 Å². The summed E-state index contributed by atoms with van der Waals surface area (Å²) >= 11 is 1.83. The third-order valence-corrected chi connectivity index (χ3v) is 3.17. The second kappa shape index (κ2) is 6.58. The normalized spacial score (nSPS) is 12.2. The number of hydrogen-bond acceptors (Lipinski definition) is 5. The fourth-order valence-corrected chi connectivity index (χ4v) is 2.20. The summed E-state index contributed by atoms with van der Waals surface area (Å²) in [6.45, 7) is 4.28. The van der Waals surface area contributed by atoms with E-state index in [9.17, 15) is 0 Å². The van der Waals surface area contributed by atoms with Gasteiger partial charge in [-0.05, 0) is 19.6 Å². The van der Waals surface area contributed by atoms with Crippen molar-refractivity contribution in [1.82, 2.24) is 9.97 Å². The Labute approximate surface area is 102 Å². The van der Waals surface area contributed by atoms with E-state index in [0.717, 1.165) is 29.4 Å². The van der Waals surface area contributed by atoms with Crippen LogP contribution in [0.15, 0.2) is 6.33 Å². The predicted molar refractivity (Wildman–Crippen MR) is 72.4 cm³/mol. The van der Waals surface area contributed by atoms with Gasteiger partial charge in [0.15, 0.2) is 0 Å². The number of hydrogen-bond donors (Lipinski definition) is 2. The Hall–Kier alpha value is -0.970. The monoisotopic (exact) mass is 240 g/mol. The highest BCUT2D eigenvalue weighted by Crippen LogP contribution is 2.20. The molecule has 16 heavy (non-hydrogen) atoms. The number of thioether (sulfide) groups is 1. The lowest BCUT2D eigenvalue weighted by molar-refractivity contribution is 0.889. The summed E-state index contributed by atoms with van der Waals surface area (Å²) in [5, 5.41) is 6.52. The van der Waals surface area contributed by atoms with Gasteiger partial charge in [0.05, 0.1) is 0 Å². The molecule has 0 aliphatic rings. The molecule has 1 aromatic rings. The van der Waals surface area contributed by atoms with E-state index in [0.29, 0.717) is 6.04 Å². The number of rotatable bonds is 6. The van der Waals surface area contributed by atoms with Crippen molar-refractivity contribution in [3.05, 3.63) is 11.9 Å². The first-order valence-corrected chi connectivity index (χ1v) is 6.89. The Kier molecular flexibility index (Phi) is 5.38. The second-order valence-corrected chi connectivity index (χ2v) is 4.56. The van der Waals surface area contributed by atoms with Crippen LogP contribution in [0.2, 0.25) is 0 Å².